The molecule has 7 heteroatoms. The minimum Gasteiger partial charge on any atom is -0.822 e. The van der Waals surface area contributed by atoms with Crippen LogP contribution < -0.4 is 14.7 Å². The van der Waals surface area contributed by atoms with E-state index in [4.69, 9.17) is 19.2 Å². The third-order valence-electron chi connectivity index (χ3n) is 0. The minimum absolute atomic E-state index is 0. The molecule has 0 heterocycles. The first kappa shape index (κ1) is 15.7. The Balaban J connectivity index is -0.0000000800. The Bertz CT molecular complexity index is 55.8. The molecule has 7 heavy (non-hydrogen) atoms. The van der Waals surface area contributed by atoms with Crippen LogP contribution in [0.15, 0.2) is 0 Å². The number of phosphoric acid groups is 1. The van der Waals surface area contributed by atoms with Gasteiger partial charge in [-0.2, -0.15) is 7.82 Å². The summed E-state index contributed by atoms with van der Waals surface area (Å²) in [6.45, 7) is 0. The van der Waals surface area contributed by atoms with E-state index in [0.29, 0.717) is 0 Å². The van der Waals surface area contributed by atoms with Crippen molar-refractivity contribution >= 4 is 7.82 Å². The molecule has 0 aromatic heterocycles. The van der Waals surface area contributed by atoms with Crippen molar-refractivity contribution in [2.24, 2.45) is 0 Å². The van der Waals surface area contributed by atoms with Gasteiger partial charge in [0, 0.05) is 0 Å². The average molecular weight is 207 g/mol. The second-order valence-corrected chi connectivity index (χ2v) is 1.34. The molecule has 0 spiro atoms. The molecule has 0 aliphatic rings. The third-order valence-corrected chi connectivity index (χ3v) is 0. The maximum absolute atomic E-state index is 8.55. The molecule has 0 saturated heterocycles. The topological polar surface area (TPSA) is 86.2 Å². The van der Waals surface area contributed by atoms with Gasteiger partial charge in [0.25, 0.3) is 0 Å². The van der Waals surface area contributed by atoms with Crippen molar-refractivity contribution in [1.82, 2.24) is 0 Å². The van der Waals surface area contributed by atoms with Gasteiger partial charge in [-0.3, -0.25) is 0 Å². The van der Waals surface area contributed by atoms with Crippen LogP contribution in [0.1, 0.15) is 0 Å². The van der Waals surface area contributed by atoms with E-state index in [1.165, 1.54) is 0 Å². The molecule has 4 nitrogen and oxygen atoms in total. The van der Waals surface area contributed by atoms with Crippen LogP contribution in [-0.2, 0) is 38.7 Å². The summed E-state index contributed by atoms with van der Waals surface area (Å²) < 4.78 is 8.55. The van der Waals surface area contributed by atoms with E-state index >= 15 is 0 Å². The fourth-order valence-corrected chi connectivity index (χ4v) is 0. The number of hydrogen-bond donors (Lipinski definition) is 0. The molecule has 43 valence electrons. The Morgan fingerprint density at radius 3 is 1.14 bits per heavy atom. The summed E-state index contributed by atoms with van der Waals surface area (Å²) in [5, 5.41) is 0. The Morgan fingerprint density at radius 1 is 1.14 bits per heavy atom. The van der Waals surface area contributed by atoms with E-state index in [1.807, 2.05) is 0 Å². The van der Waals surface area contributed by atoms with E-state index < -0.39 is 7.82 Å². The van der Waals surface area contributed by atoms with Crippen molar-refractivity contribution in [2.45, 2.75) is 0 Å². The molecule has 0 unspecified atom stereocenters. The first-order chi connectivity index (χ1) is 2.00. The van der Waals surface area contributed by atoms with E-state index in [-0.39, 0.29) is 34.1 Å². The molecule has 0 N–H and O–H groups in total. The fourth-order valence-electron chi connectivity index (χ4n) is 0. The van der Waals surface area contributed by atoms with Crippen LogP contribution in [0.25, 0.3) is 0 Å². The van der Waals surface area contributed by atoms with Gasteiger partial charge in [0.05, 0.1) is 0 Å². The first-order valence-corrected chi connectivity index (χ1v) is 2.19. The standard InChI is InChI=1S/2Fe.H3O4P/c;;1-5(2,3)4/h;;(H3,1,2,3,4)/q+2;+3;/p-3. The maximum Gasteiger partial charge on any atom is 3.00 e. The zero-order valence-corrected chi connectivity index (χ0v) is 5.89. The Kier molecular flexibility index (Phi) is 11.9. The van der Waals surface area contributed by atoms with E-state index in [1.54, 1.807) is 0 Å². The Hall–Kier alpha value is 1.15. The van der Waals surface area contributed by atoms with Crippen molar-refractivity contribution < 1.29 is 53.4 Å². The molecule has 0 aliphatic heterocycles. The van der Waals surface area contributed by atoms with Gasteiger partial charge in [-0.05, 0) is 0 Å². The molecule has 0 atom stereocenters. The van der Waals surface area contributed by atoms with E-state index in [9.17, 15) is 0 Å². The molecule has 0 amide bonds. The molecule has 1 radical (unpaired) electrons. The monoisotopic (exact) mass is 207 g/mol. The van der Waals surface area contributed by atoms with Gasteiger partial charge >= 0.3 is 34.1 Å². The van der Waals surface area contributed by atoms with Crippen molar-refractivity contribution in [3.8, 4) is 0 Å². The second kappa shape index (κ2) is 5.29. The largest absolute Gasteiger partial charge is 3.00 e. The summed E-state index contributed by atoms with van der Waals surface area (Å²) in [5.74, 6) is 0. The van der Waals surface area contributed by atoms with Crippen molar-refractivity contribution in [3.05, 3.63) is 0 Å². The van der Waals surface area contributed by atoms with Crippen LogP contribution >= 0.6 is 7.82 Å². The van der Waals surface area contributed by atoms with Gasteiger partial charge in [-0.1, -0.05) is 0 Å². The third kappa shape index (κ3) is 144. The molecule has 0 fully saturated rings. The van der Waals surface area contributed by atoms with Crippen molar-refractivity contribution in [3.63, 3.8) is 0 Å². The molecule has 0 saturated carbocycles. The van der Waals surface area contributed by atoms with Crippen LogP contribution in [0.3, 0.4) is 0 Å². The van der Waals surface area contributed by atoms with Crippen molar-refractivity contribution in [1.29, 1.82) is 0 Å². The predicted molar refractivity (Wildman–Crippen MR) is 7.61 cm³/mol. The van der Waals surface area contributed by atoms with Crippen LogP contribution in [0.5, 0.6) is 0 Å². The molecule has 0 aliphatic carbocycles. The SMILES string of the molecule is O=P([O-])([O-])[O-].[Fe+2].[Fe+3]. The van der Waals surface area contributed by atoms with Crippen LogP contribution in [0, 0.1) is 0 Å². The quantitative estimate of drug-likeness (QED) is 0.316. The summed E-state index contributed by atoms with van der Waals surface area (Å²) >= 11 is 0. The summed E-state index contributed by atoms with van der Waals surface area (Å²) in [5.41, 5.74) is 0. The zero-order valence-electron chi connectivity index (χ0n) is 2.79. The van der Waals surface area contributed by atoms with Gasteiger partial charge in [-0.15, -0.1) is 0 Å². The first-order valence-electron chi connectivity index (χ1n) is 0.730. The van der Waals surface area contributed by atoms with Crippen molar-refractivity contribution in [2.75, 3.05) is 0 Å². The average Bonchev–Trinajstić information content (AvgIpc) is 0.722. The molecular weight excluding hydrogens is 207 g/mol. The second-order valence-electron chi connectivity index (χ2n) is 0.447. The molecular formula is Fe2O4P+2. The van der Waals surface area contributed by atoms with Crippen LogP contribution in [-0.4, -0.2) is 0 Å². The molecule has 0 aromatic carbocycles. The summed E-state index contributed by atoms with van der Waals surface area (Å²) in [7, 11) is -5.39. The molecule has 0 rings (SSSR count). The predicted octanol–water partition coefficient (Wildman–Crippen LogP) is -2.83. The van der Waals surface area contributed by atoms with E-state index in [2.05, 4.69) is 0 Å². The Morgan fingerprint density at radius 2 is 1.14 bits per heavy atom. The van der Waals surface area contributed by atoms with E-state index in [0.717, 1.165) is 0 Å². The molecule has 0 aromatic rings. The number of hydrogen-bond acceptors (Lipinski definition) is 4. The van der Waals surface area contributed by atoms with Gasteiger partial charge in [-0.25, -0.2) is 0 Å². The molecule has 0 bridgehead atoms. The summed E-state index contributed by atoms with van der Waals surface area (Å²) in [6, 6.07) is 0. The van der Waals surface area contributed by atoms with Crippen LogP contribution in [0.2, 0.25) is 0 Å². The van der Waals surface area contributed by atoms with Gasteiger partial charge in [0.2, 0.25) is 0 Å². The smallest absolute Gasteiger partial charge is 0.822 e. The normalized spacial score (nSPS) is 8.43. The Labute approximate surface area is 61.5 Å². The van der Waals surface area contributed by atoms with Gasteiger partial charge in [0.1, 0.15) is 0 Å². The van der Waals surface area contributed by atoms with Gasteiger partial charge in [0.15, 0.2) is 0 Å². The summed E-state index contributed by atoms with van der Waals surface area (Å²) in [4.78, 5) is 25.6. The maximum atomic E-state index is 8.55. The fraction of sp³-hybridized carbons (Fsp3) is 0. The van der Waals surface area contributed by atoms with Crippen LogP contribution in [0.4, 0.5) is 0 Å². The zero-order chi connectivity index (χ0) is 4.50. The van der Waals surface area contributed by atoms with Gasteiger partial charge < -0.3 is 19.2 Å². The summed E-state index contributed by atoms with van der Waals surface area (Å²) in [6.07, 6.45) is 0. The minimum atomic E-state index is -5.39. The number of rotatable bonds is 0.